The van der Waals surface area contributed by atoms with Gasteiger partial charge < -0.3 is 10.4 Å². The average molecular weight is 305 g/mol. The Bertz CT molecular complexity index is 685. The highest BCUT2D eigenvalue weighted by Crippen LogP contribution is 2.18. The highest BCUT2D eigenvalue weighted by Gasteiger charge is 2.10. The van der Waals surface area contributed by atoms with E-state index in [-0.39, 0.29) is 11.9 Å². The first-order valence-electron chi connectivity index (χ1n) is 6.31. The number of hydrogen-bond acceptors (Lipinski definition) is 4. The van der Waals surface area contributed by atoms with Crippen LogP contribution in [0.15, 0.2) is 29.9 Å². The number of carbonyl (C=O) groups is 2. The lowest BCUT2D eigenvalue weighted by Crippen LogP contribution is -2.10. The Balaban J connectivity index is 2.04. The molecule has 2 aromatic heterocycles. The minimum absolute atomic E-state index is 0.226. The highest BCUT2D eigenvalue weighted by molar-refractivity contribution is 7.11. The predicted octanol–water partition coefficient (Wildman–Crippen LogP) is 2.88. The number of rotatable bonds is 5. The summed E-state index contributed by atoms with van der Waals surface area (Å²) in [7, 11) is 0. The standard InChI is InChI=1S/C14H15N3O3S/c1-9(2)17-7-11(6-15-17)16-14(20)10-5-12(21-8-10)3-4-13(18)19/h3-9H,1-2H3,(H,16,20)(H,18,19). The molecule has 0 saturated carbocycles. The fraction of sp³-hybridized carbons (Fsp3) is 0.214. The first-order valence-corrected chi connectivity index (χ1v) is 7.18. The lowest BCUT2D eigenvalue weighted by molar-refractivity contribution is -0.131. The SMILES string of the molecule is CC(C)n1cc(NC(=O)c2csc(C=CC(=O)O)c2)cn1. The van der Waals surface area contributed by atoms with Crippen LogP contribution in [0.4, 0.5) is 5.69 Å². The molecule has 0 aromatic carbocycles. The Labute approximate surface area is 125 Å². The number of thiophene rings is 1. The van der Waals surface area contributed by atoms with Gasteiger partial charge in [-0.25, -0.2) is 4.79 Å². The van der Waals surface area contributed by atoms with Crippen molar-refractivity contribution in [1.82, 2.24) is 9.78 Å². The van der Waals surface area contributed by atoms with Crippen LogP contribution in [-0.4, -0.2) is 26.8 Å². The summed E-state index contributed by atoms with van der Waals surface area (Å²) >= 11 is 1.31. The van der Waals surface area contributed by atoms with Gasteiger partial charge in [-0.05, 0) is 26.0 Å². The summed E-state index contributed by atoms with van der Waals surface area (Å²) in [6.45, 7) is 4.00. The number of nitrogens with zero attached hydrogens (tertiary/aromatic N) is 2. The molecule has 21 heavy (non-hydrogen) atoms. The van der Waals surface area contributed by atoms with Crippen LogP contribution in [0.3, 0.4) is 0 Å². The number of aliphatic carboxylic acids is 1. The summed E-state index contributed by atoms with van der Waals surface area (Å²) in [5.41, 5.74) is 1.12. The Morgan fingerprint density at radius 1 is 1.48 bits per heavy atom. The Hall–Kier alpha value is -2.41. The van der Waals surface area contributed by atoms with Gasteiger partial charge in [0, 0.05) is 28.6 Å². The summed E-state index contributed by atoms with van der Waals surface area (Å²) in [4.78, 5) is 23.2. The van der Waals surface area contributed by atoms with E-state index in [0.717, 1.165) is 6.08 Å². The molecule has 2 rings (SSSR count). The van der Waals surface area contributed by atoms with Crippen molar-refractivity contribution < 1.29 is 14.7 Å². The number of anilines is 1. The summed E-state index contributed by atoms with van der Waals surface area (Å²) in [6, 6.07) is 1.87. The minimum Gasteiger partial charge on any atom is -0.478 e. The summed E-state index contributed by atoms with van der Waals surface area (Å²) in [5, 5.41) is 17.1. The third kappa shape index (κ3) is 4.03. The number of hydrogen-bond donors (Lipinski definition) is 2. The topological polar surface area (TPSA) is 84.2 Å². The molecule has 0 saturated heterocycles. The van der Waals surface area contributed by atoms with E-state index in [1.165, 1.54) is 17.4 Å². The van der Waals surface area contributed by atoms with Gasteiger partial charge in [0.25, 0.3) is 5.91 Å². The second-order valence-corrected chi connectivity index (χ2v) is 5.61. The van der Waals surface area contributed by atoms with Crippen LogP contribution in [0, 0.1) is 0 Å². The second-order valence-electron chi connectivity index (χ2n) is 4.67. The Morgan fingerprint density at radius 2 is 2.24 bits per heavy atom. The van der Waals surface area contributed by atoms with Crippen LogP contribution in [0.2, 0.25) is 0 Å². The van der Waals surface area contributed by atoms with Crippen molar-refractivity contribution in [2.75, 3.05) is 5.32 Å². The largest absolute Gasteiger partial charge is 0.478 e. The molecule has 2 heterocycles. The van der Waals surface area contributed by atoms with Gasteiger partial charge in [0.15, 0.2) is 0 Å². The molecule has 2 N–H and O–H groups in total. The Kier molecular flexibility index (Phi) is 4.54. The zero-order valence-corrected chi connectivity index (χ0v) is 12.4. The molecular weight excluding hydrogens is 290 g/mol. The molecule has 0 radical (unpaired) electrons. The second kappa shape index (κ2) is 6.36. The zero-order chi connectivity index (χ0) is 15.4. The van der Waals surface area contributed by atoms with Crippen molar-refractivity contribution in [2.45, 2.75) is 19.9 Å². The lowest BCUT2D eigenvalue weighted by Gasteiger charge is -2.03. The van der Waals surface area contributed by atoms with Gasteiger partial charge in [-0.3, -0.25) is 9.48 Å². The molecule has 0 bridgehead atoms. The van der Waals surface area contributed by atoms with E-state index in [0.29, 0.717) is 16.1 Å². The van der Waals surface area contributed by atoms with E-state index in [1.807, 2.05) is 13.8 Å². The van der Waals surface area contributed by atoms with Crippen molar-refractivity contribution in [1.29, 1.82) is 0 Å². The number of carbonyl (C=O) groups excluding carboxylic acids is 1. The first-order chi connectivity index (χ1) is 9.95. The van der Waals surface area contributed by atoms with Gasteiger partial charge >= 0.3 is 5.97 Å². The van der Waals surface area contributed by atoms with E-state index in [1.54, 1.807) is 28.5 Å². The predicted molar refractivity (Wildman–Crippen MR) is 81.6 cm³/mol. The van der Waals surface area contributed by atoms with Crippen LogP contribution >= 0.6 is 11.3 Å². The van der Waals surface area contributed by atoms with Gasteiger partial charge in [0.2, 0.25) is 0 Å². The Morgan fingerprint density at radius 3 is 2.86 bits per heavy atom. The van der Waals surface area contributed by atoms with Crippen LogP contribution in [-0.2, 0) is 4.79 Å². The fourth-order valence-corrected chi connectivity index (χ4v) is 2.38. The van der Waals surface area contributed by atoms with E-state index in [9.17, 15) is 9.59 Å². The maximum atomic E-state index is 12.1. The monoisotopic (exact) mass is 305 g/mol. The smallest absolute Gasteiger partial charge is 0.328 e. The van der Waals surface area contributed by atoms with Crippen molar-refractivity contribution in [3.8, 4) is 0 Å². The summed E-state index contributed by atoms with van der Waals surface area (Å²) < 4.78 is 1.75. The van der Waals surface area contributed by atoms with Crippen LogP contribution in [0.1, 0.15) is 35.1 Å². The number of carboxylic acid groups (broad SMARTS) is 1. The summed E-state index contributed by atoms with van der Waals surface area (Å²) in [5.74, 6) is -1.26. The van der Waals surface area contributed by atoms with Gasteiger partial charge in [0.1, 0.15) is 0 Å². The molecule has 2 aromatic rings. The molecule has 0 aliphatic heterocycles. The third-order valence-electron chi connectivity index (χ3n) is 2.66. The van der Waals surface area contributed by atoms with Crippen LogP contribution < -0.4 is 5.32 Å². The van der Waals surface area contributed by atoms with Crippen molar-refractivity contribution >= 4 is 35.0 Å². The minimum atomic E-state index is -1.02. The molecule has 0 fully saturated rings. The fourth-order valence-electron chi connectivity index (χ4n) is 1.60. The van der Waals surface area contributed by atoms with Crippen molar-refractivity contribution in [3.63, 3.8) is 0 Å². The molecule has 1 amide bonds. The number of nitrogens with one attached hydrogen (secondary N) is 1. The van der Waals surface area contributed by atoms with E-state index in [4.69, 9.17) is 5.11 Å². The number of aromatic nitrogens is 2. The van der Waals surface area contributed by atoms with Gasteiger partial charge in [0.05, 0.1) is 17.4 Å². The van der Waals surface area contributed by atoms with E-state index >= 15 is 0 Å². The van der Waals surface area contributed by atoms with Gasteiger partial charge in [-0.1, -0.05) is 0 Å². The van der Waals surface area contributed by atoms with E-state index < -0.39 is 5.97 Å². The number of amides is 1. The number of carboxylic acids is 1. The molecule has 0 spiro atoms. The highest BCUT2D eigenvalue weighted by atomic mass is 32.1. The molecule has 7 heteroatoms. The molecule has 0 aliphatic rings. The van der Waals surface area contributed by atoms with E-state index in [2.05, 4.69) is 10.4 Å². The zero-order valence-electron chi connectivity index (χ0n) is 11.6. The third-order valence-corrected chi connectivity index (χ3v) is 3.56. The first kappa shape index (κ1) is 15.0. The molecule has 0 unspecified atom stereocenters. The maximum Gasteiger partial charge on any atom is 0.328 e. The maximum absolute atomic E-state index is 12.1. The molecule has 110 valence electrons. The average Bonchev–Trinajstić information content (AvgIpc) is 3.04. The normalized spacial score (nSPS) is 11.2. The molecule has 6 nitrogen and oxygen atoms in total. The molecule has 0 aliphatic carbocycles. The molecular formula is C14H15N3O3S. The molecule has 0 atom stereocenters. The van der Waals surface area contributed by atoms with Crippen molar-refractivity contribution in [3.05, 3.63) is 40.4 Å². The summed E-state index contributed by atoms with van der Waals surface area (Å²) in [6.07, 6.45) is 5.86. The lowest BCUT2D eigenvalue weighted by atomic mass is 10.3. The van der Waals surface area contributed by atoms with Gasteiger partial charge in [-0.2, -0.15) is 5.10 Å². The van der Waals surface area contributed by atoms with Crippen LogP contribution in [0.25, 0.3) is 6.08 Å². The van der Waals surface area contributed by atoms with Gasteiger partial charge in [-0.15, -0.1) is 11.3 Å². The van der Waals surface area contributed by atoms with Crippen LogP contribution in [0.5, 0.6) is 0 Å². The quantitative estimate of drug-likeness (QED) is 0.832. The van der Waals surface area contributed by atoms with Crippen molar-refractivity contribution in [2.24, 2.45) is 0 Å².